The van der Waals surface area contributed by atoms with Crippen LogP contribution in [0.2, 0.25) is 0 Å². The van der Waals surface area contributed by atoms with Gasteiger partial charge in [0.1, 0.15) is 0 Å². The van der Waals surface area contributed by atoms with Crippen LogP contribution in [0.25, 0.3) is 0 Å². The van der Waals surface area contributed by atoms with E-state index in [0.717, 1.165) is 6.07 Å². The van der Waals surface area contributed by atoms with Crippen LogP contribution in [0.4, 0.5) is 39.5 Å². The molecule has 0 radical (unpaired) electrons. The second-order valence-electron chi connectivity index (χ2n) is 4.06. The Morgan fingerprint density at radius 3 is 1.77 bits per heavy atom. The minimum atomic E-state index is -7.09. The predicted octanol–water partition coefficient (Wildman–Crippen LogP) is 5.10. The van der Waals surface area contributed by atoms with Crippen LogP contribution in [0.3, 0.4) is 0 Å². The lowest BCUT2D eigenvalue weighted by atomic mass is 9.96. The Bertz CT molecular complexity index is 579. The predicted molar refractivity (Wildman–Crippen MR) is 59.4 cm³/mol. The van der Waals surface area contributed by atoms with Gasteiger partial charge in [-0.2, -0.15) is 39.5 Å². The first-order valence-corrected chi connectivity index (χ1v) is 5.96. The smallest absolute Gasteiger partial charge is 0.287 e. The van der Waals surface area contributed by atoms with Gasteiger partial charge in [0.2, 0.25) is 5.78 Å². The minimum absolute atomic E-state index is 0.0416. The molecule has 1 rings (SSSR count). The van der Waals surface area contributed by atoms with Crippen LogP contribution in [0.15, 0.2) is 28.7 Å². The number of halogens is 10. The third-order valence-corrected chi connectivity index (χ3v) is 3.01. The van der Waals surface area contributed by atoms with Gasteiger partial charge < -0.3 is 0 Å². The first kappa shape index (κ1) is 18.8. The van der Waals surface area contributed by atoms with Crippen molar-refractivity contribution in [2.45, 2.75) is 23.9 Å². The number of alkyl halides is 9. The lowest BCUT2D eigenvalue weighted by Gasteiger charge is -2.32. The summed E-state index contributed by atoms with van der Waals surface area (Å²) < 4.78 is 114. The molecule has 0 atom stereocenters. The van der Waals surface area contributed by atoms with E-state index >= 15 is 0 Å². The Kier molecular flexibility index (Phi) is 4.63. The zero-order chi connectivity index (χ0) is 17.6. The molecule has 1 nitrogen and oxygen atoms in total. The van der Waals surface area contributed by atoms with Crippen LogP contribution < -0.4 is 0 Å². The van der Waals surface area contributed by atoms with Crippen molar-refractivity contribution in [3.05, 3.63) is 34.3 Å². The maximum Gasteiger partial charge on any atom is 0.460 e. The van der Waals surface area contributed by atoms with E-state index in [4.69, 9.17) is 0 Å². The standard InChI is InChI=1S/C11H4BrF9O/c12-6-3-1-2-5(4-6)7(22)8(13,14)9(15,16)10(17,18)11(19,20)21/h1-4H. The Labute approximate surface area is 125 Å². The van der Waals surface area contributed by atoms with E-state index in [1.54, 1.807) is 0 Å². The van der Waals surface area contributed by atoms with Gasteiger partial charge in [0.15, 0.2) is 0 Å². The van der Waals surface area contributed by atoms with Crippen LogP contribution in [-0.2, 0) is 0 Å². The molecular weight excluding hydrogens is 399 g/mol. The van der Waals surface area contributed by atoms with Crippen molar-refractivity contribution in [1.82, 2.24) is 0 Å². The monoisotopic (exact) mass is 402 g/mol. The van der Waals surface area contributed by atoms with Crippen molar-refractivity contribution in [3.63, 3.8) is 0 Å². The molecular formula is C11H4BrF9O. The maximum absolute atomic E-state index is 13.3. The first-order valence-electron chi connectivity index (χ1n) is 5.17. The quantitative estimate of drug-likeness (QED) is 0.505. The fraction of sp³-hybridized carbons (Fsp3) is 0.364. The fourth-order valence-corrected chi connectivity index (χ4v) is 1.73. The summed E-state index contributed by atoms with van der Waals surface area (Å²) >= 11 is 2.71. The molecule has 0 amide bonds. The summed E-state index contributed by atoms with van der Waals surface area (Å²) in [6, 6.07) is 3.28. The Balaban J connectivity index is 3.36. The second kappa shape index (κ2) is 5.43. The van der Waals surface area contributed by atoms with E-state index in [2.05, 4.69) is 15.9 Å². The highest BCUT2D eigenvalue weighted by atomic mass is 79.9. The third kappa shape index (κ3) is 2.82. The molecule has 0 unspecified atom stereocenters. The van der Waals surface area contributed by atoms with Crippen LogP contribution in [-0.4, -0.2) is 29.7 Å². The van der Waals surface area contributed by atoms with Gasteiger partial charge in [0.05, 0.1) is 0 Å². The summed E-state index contributed by atoms with van der Waals surface area (Å²) in [6.45, 7) is 0. The number of benzene rings is 1. The van der Waals surface area contributed by atoms with E-state index in [0.29, 0.717) is 12.1 Å². The molecule has 0 N–H and O–H groups in total. The van der Waals surface area contributed by atoms with Gasteiger partial charge >= 0.3 is 23.9 Å². The molecule has 124 valence electrons. The number of carbonyl (C=O) groups excluding carboxylic acids is 1. The van der Waals surface area contributed by atoms with E-state index in [-0.39, 0.29) is 4.47 Å². The minimum Gasteiger partial charge on any atom is -0.287 e. The van der Waals surface area contributed by atoms with E-state index in [1.807, 2.05) is 0 Å². The van der Waals surface area contributed by atoms with E-state index < -0.39 is 35.3 Å². The van der Waals surface area contributed by atoms with E-state index in [9.17, 15) is 44.3 Å². The summed E-state index contributed by atoms with van der Waals surface area (Å²) in [4.78, 5) is 11.3. The molecule has 0 spiro atoms. The zero-order valence-corrected chi connectivity index (χ0v) is 11.6. The molecule has 0 saturated heterocycles. The first-order chi connectivity index (χ1) is 9.66. The topological polar surface area (TPSA) is 17.1 Å². The van der Waals surface area contributed by atoms with Crippen molar-refractivity contribution in [2.24, 2.45) is 0 Å². The molecule has 0 saturated carbocycles. The molecule has 0 aliphatic carbocycles. The van der Waals surface area contributed by atoms with Crippen molar-refractivity contribution in [1.29, 1.82) is 0 Å². The molecule has 0 aliphatic heterocycles. The summed E-state index contributed by atoms with van der Waals surface area (Å²) in [5, 5.41) is 0. The Morgan fingerprint density at radius 2 is 1.36 bits per heavy atom. The van der Waals surface area contributed by atoms with Crippen molar-refractivity contribution >= 4 is 21.7 Å². The number of Topliss-reactive ketones (excluding diaryl/α,β-unsaturated/α-hetero) is 1. The molecule has 0 aliphatic rings. The molecule has 1 aromatic carbocycles. The lowest BCUT2D eigenvalue weighted by molar-refractivity contribution is -0.386. The molecule has 0 heterocycles. The van der Waals surface area contributed by atoms with E-state index in [1.165, 1.54) is 6.07 Å². The number of ketones is 1. The fourth-order valence-electron chi connectivity index (χ4n) is 1.33. The summed E-state index contributed by atoms with van der Waals surface area (Å²) in [5.74, 6) is -23.2. The normalized spacial score (nSPS) is 14.1. The third-order valence-electron chi connectivity index (χ3n) is 2.52. The molecule has 0 bridgehead atoms. The number of carbonyl (C=O) groups is 1. The average molecular weight is 403 g/mol. The van der Waals surface area contributed by atoms with Gasteiger partial charge in [0, 0.05) is 10.0 Å². The van der Waals surface area contributed by atoms with Gasteiger partial charge in [-0.1, -0.05) is 28.1 Å². The van der Waals surface area contributed by atoms with Crippen LogP contribution in [0.1, 0.15) is 10.4 Å². The SMILES string of the molecule is O=C(c1cccc(Br)c1)C(F)(F)C(F)(F)C(F)(F)C(F)(F)F. The van der Waals surface area contributed by atoms with Gasteiger partial charge in [0.25, 0.3) is 0 Å². The highest BCUT2D eigenvalue weighted by Gasteiger charge is 2.83. The van der Waals surface area contributed by atoms with Crippen LogP contribution >= 0.6 is 15.9 Å². The number of hydrogen-bond donors (Lipinski definition) is 0. The molecule has 0 fully saturated rings. The van der Waals surface area contributed by atoms with Gasteiger partial charge in [-0.3, -0.25) is 4.79 Å². The summed E-state index contributed by atoms with van der Waals surface area (Å²) in [5.41, 5.74) is -1.16. The Morgan fingerprint density at radius 1 is 0.864 bits per heavy atom. The molecule has 1 aromatic rings. The molecule has 22 heavy (non-hydrogen) atoms. The summed E-state index contributed by atoms with van der Waals surface area (Å²) in [7, 11) is 0. The number of hydrogen-bond acceptors (Lipinski definition) is 1. The highest BCUT2D eigenvalue weighted by Crippen LogP contribution is 2.53. The van der Waals surface area contributed by atoms with Gasteiger partial charge in [-0.05, 0) is 12.1 Å². The zero-order valence-electron chi connectivity index (χ0n) is 10.00. The van der Waals surface area contributed by atoms with Crippen molar-refractivity contribution in [2.75, 3.05) is 0 Å². The Hall–Kier alpha value is -1.26. The molecule has 0 aromatic heterocycles. The van der Waals surface area contributed by atoms with Crippen molar-refractivity contribution in [3.8, 4) is 0 Å². The molecule has 11 heteroatoms. The van der Waals surface area contributed by atoms with Crippen LogP contribution in [0, 0.1) is 0 Å². The van der Waals surface area contributed by atoms with Crippen molar-refractivity contribution < 1.29 is 44.3 Å². The lowest BCUT2D eigenvalue weighted by Crippen LogP contribution is -2.63. The average Bonchev–Trinajstić information content (AvgIpc) is 2.35. The maximum atomic E-state index is 13.3. The van der Waals surface area contributed by atoms with Crippen LogP contribution in [0.5, 0.6) is 0 Å². The van der Waals surface area contributed by atoms with Gasteiger partial charge in [-0.15, -0.1) is 0 Å². The highest BCUT2D eigenvalue weighted by molar-refractivity contribution is 9.10. The summed E-state index contributed by atoms with van der Waals surface area (Å²) in [6.07, 6.45) is -6.96. The van der Waals surface area contributed by atoms with Gasteiger partial charge in [-0.25, -0.2) is 0 Å². The largest absolute Gasteiger partial charge is 0.460 e. The second-order valence-corrected chi connectivity index (χ2v) is 4.98. The number of rotatable bonds is 4.